The monoisotopic (exact) mass is 416 g/mol. The molecule has 1 heterocycles. The van der Waals surface area contributed by atoms with Crippen molar-refractivity contribution < 1.29 is 27.4 Å². The molecule has 3 aromatic rings. The van der Waals surface area contributed by atoms with E-state index in [-0.39, 0.29) is 11.7 Å². The Hall–Kier alpha value is -3.55. The molecule has 0 radical (unpaired) electrons. The first-order valence-corrected chi connectivity index (χ1v) is 9.09. The molecular formula is C22H19F3N2O3. The van der Waals surface area contributed by atoms with Crippen LogP contribution in [0.5, 0.6) is 17.2 Å². The zero-order valence-corrected chi connectivity index (χ0v) is 16.0. The molecule has 5 nitrogen and oxygen atoms in total. The summed E-state index contributed by atoms with van der Waals surface area (Å²) >= 11 is 0. The molecule has 1 aromatic heterocycles. The minimum atomic E-state index is -4.42. The maximum absolute atomic E-state index is 12.6. The highest BCUT2D eigenvalue weighted by molar-refractivity contribution is 5.94. The standard InChI is InChI=1S/C22H19F3N2O3/c1-15(20-11-10-19(13-26-20)29-14-22(23,24)25)27-21(28)16-6-5-9-18(12-16)30-17-7-3-2-4-8-17/h2-13,15H,14H2,1H3,(H,27,28)/t15-/m1/s1. The first-order chi connectivity index (χ1) is 14.3. The number of benzene rings is 2. The third kappa shape index (κ3) is 6.23. The number of pyridine rings is 1. The Morgan fingerprint density at radius 2 is 1.73 bits per heavy atom. The second-order valence-corrected chi connectivity index (χ2v) is 6.46. The van der Waals surface area contributed by atoms with Crippen LogP contribution in [0.3, 0.4) is 0 Å². The first kappa shape index (κ1) is 21.2. The quantitative estimate of drug-likeness (QED) is 0.567. The van der Waals surface area contributed by atoms with Crippen molar-refractivity contribution >= 4 is 5.91 Å². The molecule has 30 heavy (non-hydrogen) atoms. The van der Waals surface area contributed by atoms with Crippen LogP contribution >= 0.6 is 0 Å². The van der Waals surface area contributed by atoms with Crippen molar-refractivity contribution in [2.75, 3.05) is 6.61 Å². The molecule has 0 bridgehead atoms. The number of halogens is 3. The topological polar surface area (TPSA) is 60.5 Å². The molecule has 3 rings (SSSR count). The zero-order valence-electron chi connectivity index (χ0n) is 16.0. The van der Waals surface area contributed by atoms with Crippen molar-refractivity contribution in [3.63, 3.8) is 0 Å². The van der Waals surface area contributed by atoms with Crippen molar-refractivity contribution in [2.45, 2.75) is 19.1 Å². The Balaban J connectivity index is 1.60. The van der Waals surface area contributed by atoms with Gasteiger partial charge < -0.3 is 14.8 Å². The van der Waals surface area contributed by atoms with Gasteiger partial charge in [0.25, 0.3) is 5.91 Å². The van der Waals surface area contributed by atoms with Gasteiger partial charge in [0.1, 0.15) is 17.2 Å². The molecule has 156 valence electrons. The van der Waals surface area contributed by atoms with Crippen LogP contribution in [0.15, 0.2) is 72.9 Å². The van der Waals surface area contributed by atoms with Crippen LogP contribution in [0.25, 0.3) is 0 Å². The lowest BCUT2D eigenvalue weighted by Gasteiger charge is -2.15. The van der Waals surface area contributed by atoms with Crippen LogP contribution in [0, 0.1) is 0 Å². The lowest BCUT2D eigenvalue weighted by atomic mass is 10.1. The van der Waals surface area contributed by atoms with Gasteiger partial charge in [0.05, 0.1) is 17.9 Å². The highest BCUT2D eigenvalue weighted by atomic mass is 19.4. The molecule has 2 aromatic carbocycles. The average Bonchev–Trinajstić information content (AvgIpc) is 2.73. The molecule has 1 N–H and O–H groups in total. The number of para-hydroxylation sites is 1. The summed E-state index contributed by atoms with van der Waals surface area (Å²) in [5.74, 6) is 0.840. The van der Waals surface area contributed by atoms with Gasteiger partial charge in [-0.25, -0.2) is 0 Å². The van der Waals surface area contributed by atoms with Crippen LogP contribution in [-0.4, -0.2) is 23.7 Å². The second kappa shape index (κ2) is 9.30. The molecule has 8 heteroatoms. The van der Waals surface area contributed by atoms with Gasteiger partial charge >= 0.3 is 6.18 Å². The second-order valence-electron chi connectivity index (χ2n) is 6.46. The van der Waals surface area contributed by atoms with E-state index < -0.39 is 18.8 Å². The third-order valence-corrected chi connectivity index (χ3v) is 4.03. The van der Waals surface area contributed by atoms with E-state index in [2.05, 4.69) is 15.0 Å². The predicted octanol–water partition coefficient (Wildman–Crippen LogP) is 5.31. The highest BCUT2D eigenvalue weighted by Crippen LogP contribution is 2.23. The predicted molar refractivity (Wildman–Crippen MR) is 105 cm³/mol. The molecule has 0 spiro atoms. The number of amides is 1. The number of carbonyl (C=O) groups excluding carboxylic acids is 1. The number of rotatable bonds is 7. The van der Waals surface area contributed by atoms with Gasteiger partial charge in [0, 0.05) is 5.56 Å². The lowest BCUT2D eigenvalue weighted by Crippen LogP contribution is -2.27. The van der Waals surface area contributed by atoms with Gasteiger partial charge in [-0.15, -0.1) is 0 Å². The molecule has 0 aliphatic rings. The van der Waals surface area contributed by atoms with Gasteiger partial charge in [-0.3, -0.25) is 9.78 Å². The largest absolute Gasteiger partial charge is 0.483 e. The van der Waals surface area contributed by atoms with E-state index in [1.807, 2.05) is 30.3 Å². The van der Waals surface area contributed by atoms with Crippen LogP contribution in [0.2, 0.25) is 0 Å². The van der Waals surface area contributed by atoms with Crippen molar-refractivity contribution in [1.29, 1.82) is 0 Å². The molecule has 1 atom stereocenters. The molecular weight excluding hydrogens is 397 g/mol. The minimum absolute atomic E-state index is 0.000337. The van der Waals surface area contributed by atoms with Gasteiger partial charge in [-0.05, 0) is 49.4 Å². The molecule has 0 saturated heterocycles. The minimum Gasteiger partial charge on any atom is -0.483 e. The summed E-state index contributed by atoms with van der Waals surface area (Å²) in [7, 11) is 0. The molecule has 0 fully saturated rings. The maximum atomic E-state index is 12.6. The fraction of sp³-hybridized carbons (Fsp3) is 0.182. The number of alkyl halides is 3. The number of hydrogen-bond acceptors (Lipinski definition) is 4. The van der Waals surface area contributed by atoms with E-state index in [0.29, 0.717) is 22.8 Å². The molecule has 0 saturated carbocycles. The summed E-state index contributed by atoms with van der Waals surface area (Å²) < 4.78 is 47.0. The van der Waals surface area contributed by atoms with Crippen molar-refractivity contribution in [3.8, 4) is 17.2 Å². The molecule has 0 unspecified atom stereocenters. The summed E-state index contributed by atoms with van der Waals surface area (Å²) in [6, 6.07) is 18.3. The Labute approximate surface area is 171 Å². The lowest BCUT2D eigenvalue weighted by molar-refractivity contribution is -0.153. The summed E-state index contributed by atoms with van der Waals surface area (Å²) in [5.41, 5.74) is 0.889. The van der Waals surface area contributed by atoms with Crippen molar-refractivity contribution in [2.24, 2.45) is 0 Å². The number of hydrogen-bond donors (Lipinski definition) is 1. The van der Waals surface area contributed by atoms with E-state index >= 15 is 0 Å². The summed E-state index contributed by atoms with van der Waals surface area (Å²) in [6.45, 7) is 0.336. The van der Waals surface area contributed by atoms with Crippen molar-refractivity contribution in [3.05, 3.63) is 84.2 Å². The van der Waals surface area contributed by atoms with Gasteiger partial charge in [0.15, 0.2) is 6.61 Å². The smallest absolute Gasteiger partial charge is 0.422 e. The normalized spacial score (nSPS) is 12.1. The van der Waals surface area contributed by atoms with Gasteiger partial charge in [-0.1, -0.05) is 24.3 Å². The number of ether oxygens (including phenoxy) is 2. The summed E-state index contributed by atoms with van der Waals surface area (Å²) in [6.07, 6.45) is -3.23. The fourth-order valence-corrected chi connectivity index (χ4v) is 2.58. The van der Waals surface area contributed by atoms with Crippen LogP contribution in [0.1, 0.15) is 29.0 Å². The van der Waals surface area contributed by atoms with Gasteiger partial charge in [-0.2, -0.15) is 13.2 Å². The van der Waals surface area contributed by atoms with E-state index in [4.69, 9.17) is 4.74 Å². The van der Waals surface area contributed by atoms with Crippen LogP contribution in [0.4, 0.5) is 13.2 Å². The first-order valence-electron chi connectivity index (χ1n) is 9.09. The summed E-state index contributed by atoms with van der Waals surface area (Å²) in [4.78, 5) is 16.6. The van der Waals surface area contributed by atoms with E-state index in [9.17, 15) is 18.0 Å². The van der Waals surface area contributed by atoms with E-state index in [1.54, 1.807) is 31.2 Å². The van der Waals surface area contributed by atoms with E-state index in [1.165, 1.54) is 18.3 Å². The molecule has 0 aliphatic carbocycles. The Morgan fingerprint density at radius 3 is 2.40 bits per heavy atom. The SMILES string of the molecule is C[C@@H](NC(=O)c1cccc(Oc2ccccc2)c1)c1ccc(OCC(F)(F)F)cn1. The number of nitrogens with one attached hydrogen (secondary N) is 1. The van der Waals surface area contributed by atoms with Gasteiger partial charge in [0.2, 0.25) is 0 Å². The third-order valence-electron chi connectivity index (χ3n) is 4.03. The number of carbonyl (C=O) groups is 1. The average molecular weight is 416 g/mol. The molecule has 0 aliphatic heterocycles. The zero-order chi connectivity index (χ0) is 21.6. The van der Waals surface area contributed by atoms with Crippen LogP contribution in [-0.2, 0) is 0 Å². The Bertz CT molecular complexity index is 977. The Kier molecular flexibility index (Phi) is 6.56. The number of aromatic nitrogens is 1. The molecule has 1 amide bonds. The maximum Gasteiger partial charge on any atom is 0.422 e. The van der Waals surface area contributed by atoms with E-state index in [0.717, 1.165) is 0 Å². The fourth-order valence-electron chi connectivity index (χ4n) is 2.58. The van der Waals surface area contributed by atoms with Crippen molar-refractivity contribution in [1.82, 2.24) is 10.3 Å². The highest BCUT2D eigenvalue weighted by Gasteiger charge is 2.28. The summed E-state index contributed by atoms with van der Waals surface area (Å²) in [5, 5.41) is 2.80. The Morgan fingerprint density at radius 1 is 1.00 bits per heavy atom. The number of nitrogens with zero attached hydrogens (tertiary/aromatic N) is 1. The van der Waals surface area contributed by atoms with Crippen LogP contribution < -0.4 is 14.8 Å².